The van der Waals surface area contributed by atoms with Crippen LogP contribution in [0.1, 0.15) is 38.5 Å². The van der Waals surface area contributed by atoms with Crippen molar-refractivity contribution in [1.82, 2.24) is 0 Å². The second-order valence-electron chi connectivity index (χ2n) is 5.74. The lowest BCUT2D eigenvalue weighted by Crippen LogP contribution is -2.17. The second kappa shape index (κ2) is 6.07. The van der Waals surface area contributed by atoms with Gasteiger partial charge in [-0.1, -0.05) is 44.2 Å². The maximum atomic E-state index is 4.15. The Kier molecular flexibility index (Phi) is 4.44. The Morgan fingerprint density at radius 3 is 2.44 bits per heavy atom. The van der Waals surface area contributed by atoms with Gasteiger partial charge in [0.05, 0.1) is 0 Å². The molecule has 0 amide bonds. The second-order valence-corrected chi connectivity index (χ2v) is 5.74. The molecule has 0 aromatic heterocycles. The van der Waals surface area contributed by atoms with Gasteiger partial charge in [0.15, 0.2) is 0 Å². The molecule has 0 radical (unpaired) electrons. The van der Waals surface area contributed by atoms with Gasteiger partial charge >= 0.3 is 0 Å². The monoisotopic (exact) mass is 240 g/mol. The molecule has 0 heterocycles. The van der Waals surface area contributed by atoms with Crippen LogP contribution in [-0.4, -0.2) is 0 Å². The van der Waals surface area contributed by atoms with E-state index in [1.54, 1.807) is 0 Å². The largest absolute Gasteiger partial charge is 0.125 e. The number of rotatable bonds is 4. The van der Waals surface area contributed by atoms with E-state index in [1.807, 2.05) is 0 Å². The summed E-state index contributed by atoms with van der Waals surface area (Å²) in [5, 5.41) is 0. The van der Waals surface area contributed by atoms with Gasteiger partial charge in [-0.05, 0) is 43.1 Å². The van der Waals surface area contributed by atoms with Gasteiger partial charge in [-0.25, -0.2) is 0 Å². The smallest absolute Gasteiger partial charge is 0.0159 e. The van der Waals surface area contributed by atoms with Crippen LogP contribution in [0.3, 0.4) is 0 Å². The first-order valence-corrected chi connectivity index (χ1v) is 7.12. The molecule has 0 heteroatoms. The lowest BCUT2D eigenvalue weighted by molar-refractivity contribution is 0.254. The van der Waals surface area contributed by atoms with E-state index in [0.717, 1.165) is 11.8 Å². The Hall–Kier alpha value is -1.26. The Balaban J connectivity index is 1.86. The molecule has 2 rings (SSSR count). The summed E-state index contributed by atoms with van der Waals surface area (Å²) in [6, 6.07) is 0. The van der Waals surface area contributed by atoms with E-state index >= 15 is 0 Å². The molecule has 96 valence electrons. The van der Waals surface area contributed by atoms with Gasteiger partial charge in [-0.15, -0.1) is 12.3 Å². The van der Waals surface area contributed by atoms with Crippen LogP contribution < -0.4 is 0 Å². The van der Waals surface area contributed by atoms with Crippen LogP contribution >= 0.6 is 0 Å². The SMILES string of the molecule is C=C=C1C=CC(=C)C1CC1CCC(CC=C)CC1. The Morgan fingerprint density at radius 1 is 1.17 bits per heavy atom. The Bertz CT molecular complexity index is 396. The molecule has 0 aliphatic heterocycles. The predicted octanol–water partition coefficient (Wildman–Crippen LogP) is 5.21. The van der Waals surface area contributed by atoms with E-state index in [2.05, 4.69) is 43.7 Å². The predicted molar refractivity (Wildman–Crippen MR) is 79.3 cm³/mol. The summed E-state index contributed by atoms with van der Waals surface area (Å²) < 4.78 is 0. The minimum absolute atomic E-state index is 0.489. The van der Waals surface area contributed by atoms with E-state index < -0.39 is 0 Å². The van der Waals surface area contributed by atoms with Crippen molar-refractivity contribution in [3.05, 3.63) is 54.8 Å². The van der Waals surface area contributed by atoms with Crippen LogP contribution in [0.15, 0.2) is 54.8 Å². The van der Waals surface area contributed by atoms with Crippen molar-refractivity contribution in [2.24, 2.45) is 17.8 Å². The standard InChI is InChI=1S/C18H24/c1-4-6-15-8-10-16(11-9-15)13-18-14(3)7-12-17(18)5-2/h4,7,12,15-16,18H,1-3,6,8-11,13H2. The first-order chi connectivity index (χ1) is 8.74. The van der Waals surface area contributed by atoms with Gasteiger partial charge in [-0.2, -0.15) is 0 Å². The molecule has 0 N–H and O–H groups in total. The summed E-state index contributed by atoms with van der Waals surface area (Å²) in [4.78, 5) is 0. The van der Waals surface area contributed by atoms with Gasteiger partial charge in [-0.3, -0.25) is 0 Å². The third kappa shape index (κ3) is 2.94. The maximum absolute atomic E-state index is 4.15. The molecular formula is C18H24. The van der Waals surface area contributed by atoms with Crippen LogP contribution in [0.5, 0.6) is 0 Å². The fraction of sp³-hybridized carbons (Fsp3) is 0.500. The zero-order chi connectivity index (χ0) is 13.0. The molecule has 1 unspecified atom stereocenters. The third-order valence-corrected chi connectivity index (χ3v) is 4.54. The van der Waals surface area contributed by atoms with Crippen LogP contribution in [0, 0.1) is 17.8 Å². The fourth-order valence-electron chi connectivity index (χ4n) is 3.36. The summed E-state index contributed by atoms with van der Waals surface area (Å²) in [6.07, 6.45) is 14.2. The zero-order valence-electron chi connectivity index (χ0n) is 11.3. The summed E-state index contributed by atoms with van der Waals surface area (Å²) >= 11 is 0. The van der Waals surface area contributed by atoms with Crippen molar-refractivity contribution in [2.75, 3.05) is 0 Å². The Morgan fingerprint density at radius 2 is 1.83 bits per heavy atom. The highest BCUT2D eigenvalue weighted by molar-refractivity contribution is 5.42. The summed E-state index contributed by atoms with van der Waals surface area (Å²) in [5.41, 5.74) is 5.56. The van der Waals surface area contributed by atoms with Crippen LogP contribution in [0.4, 0.5) is 0 Å². The molecule has 1 fully saturated rings. The van der Waals surface area contributed by atoms with E-state index in [-0.39, 0.29) is 0 Å². The van der Waals surface area contributed by atoms with Crippen molar-refractivity contribution in [3.8, 4) is 0 Å². The van der Waals surface area contributed by atoms with Gasteiger partial charge in [0.25, 0.3) is 0 Å². The van der Waals surface area contributed by atoms with E-state index in [9.17, 15) is 0 Å². The highest BCUT2D eigenvalue weighted by Gasteiger charge is 2.27. The highest BCUT2D eigenvalue weighted by Crippen LogP contribution is 2.39. The average molecular weight is 240 g/mol. The number of hydrogen-bond acceptors (Lipinski definition) is 0. The van der Waals surface area contributed by atoms with Gasteiger partial charge in [0.1, 0.15) is 0 Å². The van der Waals surface area contributed by atoms with E-state index in [4.69, 9.17) is 0 Å². The molecule has 2 aliphatic rings. The molecule has 0 aromatic carbocycles. The minimum atomic E-state index is 0.489. The lowest BCUT2D eigenvalue weighted by atomic mass is 9.75. The quantitative estimate of drug-likeness (QED) is 0.467. The number of allylic oxidation sites excluding steroid dienone is 5. The molecule has 18 heavy (non-hydrogen) atoms. The first kappa shape index (κ1) is 13.2. The number of hydrogen-bond donors (Lipinski definition) is 0. The first-order valence-electron chi connectivity index (χ1n) is 7.12. The van der Waals surface area contributed by atoms with Crippen LogP contribution in [0.2, 0.25) is 0 Å². The molecule has 0 spiro atoms. The average Bonchev–Trinajstić information content (AvgIpc) is 2.73. The van der Waals surface area contributed by atoms with E-state index in [0.29, 0.717) is 5.92 Å². The summed E-state index contributed by atoms with van der Waals surface area (Å²) in [7, 11) is 0. The van der Waals surface area contributed by atoms with Gasteiger partial charge < -0.3 is 0 Å². The normalized spacial score (nSPS) is 31.4. The summed E-state index contributed by atoms with van der Waals surface area (Å²) in [6.45, 7) is 11.8. The van der Waals surface area contributed by atoms with Crippen LogP contribution in [0.25, 0.3) is 0 Å². The molecule has 2 aliphatic carbocycles. The van der Waals surface area contributed by atoms with E-state index in [1.165, 1.54) is 49.7 Å². The molecule has 0 bridgehead atoms. The van der Waals surface area contributed by atoms with Crippen molar-refractivity contribution in [3.63, 3.8) is 0 Å². The van der Waals surface area contributed by atoms with Crippen molar-refractivity contribution < 1.29 is 0 Å². The Labute approximate surface area is 111 Å². The topological polar surface area (TPSA) is 0 Å². The molecule has 1 saturated carbocycles. The van der Waals surface area contributed by atoms with Gasteiger partial charge in [0.2, 0.25) is 0 Å². The molecular weight excluding hydrogens is 216 g/mol. The highest BCUT2D eigenvalue weighted by atomic mass is 14.3. The molecule has 0 aromatic rings. The van der Waals surface area contributed by atoms with Gasteiger partial charge in [0, 0.05) is 11.5 Å². The van der Waals surface area contributed by atoms with Crippen molar-refractivity contribution >= 4 is 0 Å². The zero-order valence-corrected chi connectivity index (χ0v) is 11.3. The molecule has 0 saturated heterocycles. The fourth-order valence-corrected chi connectivity index (χ4v) is 3.36. The minimum Gasteiger partial charge on any atom is -0.125 e. The third-order valence-electron chi connectivity index (χ3n) is 4.54. The molecule has 1 atom stereocenters. The summed E-state index contributed by atoms with van der Waals surface area (Å²) in [5.74, 6) is 2.23. The maximum Gasteiger partial charge on any atom is 0.0159 e. The lowest BCUT2D eigenvalue weighted by Gasteiger charge is -2.30. The van der Waals surface area contributed by atoms with Crippen molar-refractivity contribution in [2.45, 2.75) is 38.5 Å². The van der Waals surface area contributed by atoms with Crippen LogP contribution in [-0.2, 0) is 0 Å². The van der Waals surface area contributed by atoms with Crippen molar-refractivity contribution in [1.29, 1.82) is 0 Å². The molecule has 0 nitrogen and oxygen atoms in total.